The molecular formula is C13H18N4S. The van der Waals surface area contributed by atoms with Gasteiger partial charge in [0.25, 0.3) is 0 Å². The van der Waals surface area contributed by atoms with E-state index in [0.717, 1.165) is 18.2 Å². The van der Waals surface area contributed by atoms with Crippen molar-refractivity contribution in [2.45, 2.75) is 33.2 Å². The zero-order valence-electron chi connectivity index (χ0n) is 10.9. The minimum atomic E-state index is 0.275. The lowest BCUT2D eigenvalue weighted by atomic mass is 10.2. The van der Waals surface area contributed by atoms with Crippen molar-refractivity contribution in [3.8, 4) is 0 Å². The first-order chi connectivity index (χ1) is 8.56. The second kappa shape index (κ2) is 5.35. The Morgan fingerprint density at radius 1 is 1.39 bits per heavy atom. The minimum Gasteiger partial charge on any atom is -0.384 e. The van der Waals surface area contributed by atoms with Crippen LogP contribution in [0.15, 0.2) is 17.5 Å². The molecule has 0 saturated heterocycles. The quantitative estimate of drug-likeness (QED) is 0.888. The Bertz CT molecular complexity index is 534. The van der Waals surface area contributed by atoms with E-state index in [0.29, 0.717) is 5.82 Å². The summed E-state index contributed by atoms with van der Waals surface area (Å²) in [6.07, 6.45) is 0. The van der Waals surface area contributed by atoms with Crippen molar-refractivity contribution < 1.29 is 0 Å². The van der Waals surface area contributed by atoms with Gasteiger partial charge in [-0.15, -0.1) is 11.3 Å². The van der Waals surface area contributed by atoms with Gasteiger partial charge < -0.3 is 11.1 Å². The first-order valence-corrected chi connectivity index (χ1v) is 6.85. The van der Waals surface area contributed by atoms with Crippen LogP contribution in [-0.4, -0.2) is 9.97 Å². The first kappa shape index (κ1) is 12.8. The smallest absolute Gasteiger partial charge is 0.135 e. The van der Waals surface area contributed by atoms with E-state index in [-0.39, 0.29) is 5.92 Å². The lowest BCUT2D eigenvalue weighted by Crippen LogP contribution is -2.07. The normalized spacial score (nSPS) is 10.9. The van der Waals surface area contributed by atoms with Crippen molar-refractivity contribution in [1.82, 2.24) is 9.97 Å². The first-order valence-electron chi connectivity index (χ1n) is 5.97. The average Bonchev–Trinajstić information content (AvgIpc) is 2.71. The lowest BCUT2D eigenvalue weighted by molar-refractivity contribution is 0.777. The van der Waals surface area contributed by atoms with Gasteiger partial charge >= 0.3 is 0 Å². The van der Waals surface area contributed by atoms with E-state index in [9.17, 15) is 0 Å². The fraction of sp³-hybridized carbons (Fsp3) is 0.385. The predicted octanol–water partition coefficient (Wildman–Crippen LogP) is 3.16. The van der Waals surface area contributed by atoms with Crippen molar-refractivity contribution >= 4 is 23.0 Å². The number of anilines is 2. The fourth-order valence-corrected chi connectivity index (χ4v) is 2.44. The third-order valence-corrected chi connectivity index (χ3v) is 3.70. The number of nitrogen functional groups attached to an aromatic ring is 1. The topological polar surface area (TPSA) is 63.8 Å². The van der Waals surface area contributed by atoms with Gasteiger partial charge in [0.2, 0.25) is 0 Å². The van der Waals surface area contributed by atoms with E-state index in [1.807, 2.05) is 0 Å². The molecule has 0 saturated carbocycles. The van der Waals surface area contributed by atoms with E-state index in [4.69, 9.17) is 5.73 Å². The molecule has 4 nitrogen and oxygen atoms in total. The number of hydrogen-bond donors (Lipinski definition) is 2. The third kappa shape index (κ3) is 2.98. The van der Waals surface area contributed by atoms with E-state index < -0.39 is 0 Å². The summed E-state index contributed by atoms with van der Waals surface area (Å²) < 4.78 is 0. The molecule has 18 heavy (non-hydrogen) atoms. The molecule has 0 aliphatic rings. The van der Waals surface area contributed by atoms with Gasteiger partial charge in [-0.25, -0.2) is 9.97 Å². The summed E-state index contributed by atoms with van der Waals surface area (Å²) in [5.41, 5.74) is 7.09. The molecule has 0 amide bonds. The van der Waals surface area contributed by atoms with Gasteiger partial charge in [-0.1, -0.05) is 13.8 Å². The highest BCUT2D eigenvalue weighted by molar-refractivity contribution is 7.10. The molecule has 2 rings (SSSR count). The lowest BCUT2D eigenvalue weighted by Gasteiger charge is -2.09. The molecule has 0 aromatic carbocycles. The van der Waals surface area contributed by atoms with Crippen molar-refractivity contribution in [3.05, 3.63) is 33.8 Å². The number of hydrogen-bond acceptors (Lipinski definition) is 5. The maximum Gasteiger partial charge on any atom is 0.135 e. The van der Waals surface area contributed by atoms with Crippen molar-refractivity contribution in [2.24, 2.45) is 0 Å². The van der Waals surface area contributed by atoms with Crippen LogP contribution in [0.4, 0.5) is 11.6 Å². The highest BCUT2D eigenvalue weighted by Gasteiger charge is 2.07. The van der Waals surface area contributed by atoms with Crippen molar-refractivity contribution in [3.63, 3.8) is 0 Å². The highest BCUT2D eigenvalue weighted by atomic mass is 32.1. The maximum atomic E-state index is 5.79. The van der Waals surface area contributed by atoms with E-state index in [2.05, 4.69) is 47.5 Å². The van der Waals surface area contributed by atoms with Crippen LogP contribution < -0.4 is 11.1 Å². The van der Waals surface area contributed by atoms with Gasteiger partial charge in [0.15, 0.2) is 0 Å². The third-order valence-electron chi connectivity index (χ3n) is 2.68. The fourth-order valence-electron chi connectivity index (χ4n) is 1.59. The van der Waals surface area contributed by atoms with Gasteiger partial charge in [-0.05, 0) is 23.9 Å². The molecular weight excluding hydrogens is 244 g/mol. The number of aromatic nitrogens is 2. The van der Waals surface area contributed by atoms with E-state index in [1.54, 1.807) is 17.4 Å². The molecule has 0 unspecified atom stereocenters. The summed E-state index contributed by atoms with van der Waals surface area (Å²) in [5, 5.41) is 5.40. The zero-order chi connectivity index (χ0) is 13.1. The molecule has 0 spiro atoms. The average molecular weight is 262 g/mol. The number of nitrogens with zero attached hydrogens (tertiary/aromatic N) is 2. The molecule has 96 valence electrons. The summed E-state index contributed by atoms with van der Waals surface area (Å²) in [7, 11) is 0. The molecule has 0 aliphatic heterocycles. The Morgan fingerprint density at radius 3 is 2.78 bits per heavy atom. The van der Waals surface area contributed by atoms with Gasteiger partial charge in [-0.3, -0.25) is 0 Å². The molecule has 2 heterocycles. The molecule has 3 N–H and O–H groups in total. The summed E-state index contributed by atoms with van der Waals surface area (Å²) in [6, 6.07) is 3.89. The largest absolute Gasteiger partial charge is 0.384 e. The monoisotopic (exact) mass is 262 g/mol. The van der Waals surface area contributed by atoms with Crippen molar-refractivity contribution in [2.75, 3.05) is 11.1 Å². The second-order valence-electron chi connectivity index (χ2n) is 4.57. The van der Waals surface area contributed by atoms with Crippen LogP contribution in [0.1, 0.15) is 36.0 Å². The van der Waals surface area contributed by atoms with Crippen LogP contribution in [0.3, 0.4) is 0 Å². The van der Waals surface area contributed by atoms with Crippen molar-refractivity contribution in [1.29, 1.82) is 0 Å². The Kier molecular flexibility index (Phi) is 3.81. The Balaban J connectivity index is 2.12. The van der Waals surface area contributed by atoms with Crippen LogP contribution >= 0.6 is 11.3 Å². The molecule has 0 aliphatic carbocycles. The standard InChI is InChI=1S/C13H18N4S/c1-8(2)13-16-11(14)6-12(17-13)15-7-10-9(3)4-5-18-10/h4-6,8H,7H2,1-3H3,(H3,14,15,16,17). The van der Waals surface area contributed by atoms with Crippen LogP contribution in [0.25, 0.3) is 0 Å². The SMILES string of the molecule is Cc1ccsc1CNc1cc(N)nc(C(C)C)n1. The molecule has 0 fully saturated rings. The number of nitrogens with two attached hydrogens (primary N) is 1. The van der Waals surface area contributed by atoms with Crippen LogP contribution in [-0.2, 0) is 6.54 Å². The second-order valence-corrected chi connectivity index (χ2v) is 5.57. The summed E-state index contributed by atoms with van der Waals surface area (Å²) in [5.74, 6) is 2.36. The van der Waals surface area contributed by atoms with Crippen LogP contribution in [0, 0.1) is 6.92 Å². The van der Waals surface area contributed by atoms with E-state index >= 15 is 0 Å². The molecule has 2 aromatic heterocycles. The summed E-state index contributed by atoms with van der Waals surface area (Å²) in [4.78, 5) is 10.0. The Hall–Kier alpha value is -1.62. The summed E-state index contributed by atoms with van der Waals surface area (Å²) in [6.45, 7) is 7.00. The highest BCUT2D eigenvalue weighted by Crippen LogP contribution is 2.19. The maximum absolute atomic E-state index is 5.79. The van der Waals surface area contributed by atoms with Gasteiger partial charge in [0.05, 0.1) is 6.54 Å². The van der Waals surface area contributed by atoms with Gasteiger partial charge in [-0.2, -0.15) is 0 Å². The predicted molar refractivity (Wildman–Crippen MR) is 76.9 cm³/mol. The number of aryl methyl sites for hydroxylation is 1. The Labute approximate surface area is 111 Å². The van der Waals surface area contributed by atoms with Gasteiger partial charge in [0, 0.05) is 16.9 Å². The number of rotatable bonds is 4. The van der Waals surface area contributed by atoms with Crippen LogP contribution in [0.5, 0.6) is 0 Å². The summed E-state index contributed by atoms with van der Waals surface area (Å²) >= 11 is 1.75. The molecule has 0 bridgehead atoms. The number of nitrogens with one attached hydrogen (secondary N) is 1. The minimum absolute atomic E-state index is 0.275. The molecule has 5 heteroatoms. The zero-order valence-corrected chi connectivity index (χ0v) is 11.7. The van der Waals surface area contributed by atoms with Crippen LogP contribution in [0.2, 0.25) is 0 Å². The molecule has 0 radical (unpaired) electrons. The van der Waals surface area contributed by atoms with E-state index in [1.165, 1.54) is 10.4 Å². The number of thiophene rings is 1. The van der Waals surface area contributed by atoms with Gasteiger partial charge in [0.1, 0.15) is 17.5 Å². The Morgan fingerprint density at radius 2 is 2.17 bits per heavy atom. The molecule has 0 atom stereocenters. The molecule has 2 aromatic rings.